The maximum atomic E-state index is 11.4. The molecule has 1 heterocycles. The molecule has 2 nitrogen and oxygen atoms in total. The standard InChI is InChI=1S/C11H16ClNOS/c1-2-9(12)5-6-13-11(14)8-10-4-3-7-15-10/h3-4,7,9H,2,5-6,8H2,1H3,(H,13,14). The van der Waals surface area contributed by atoms with Crippen molar-refractivity contribution in [2.24, 2.45) is 0 Å². The summed E-state index contributed by atoms with van der Waals surface area (Å²) in [5, 5.41) is 5.02. The van der Waals surface area contributed by atoms with Crippen molar-refractivity contribution in [1.29, 1.82) is 0 Å². The molecule has 1 unspecified atom stereocenters. The minimum atomic E-state index is 0.0809. The molecule has 1 rings (SSSR count). The fourth-order valence-corrected chi connectivity index (χ4v) is 2.02. The third-order valence-electron chi connectivity index (χ3n) is 2.14. The summed E-state index contributed by atoms with van der Waals surface area (Å²) in [6.45, 7) is 2.72. The number of amides is 1. The lowest BCUT2D eigenvalue weighted by atomic mass is 10.2. The summed E-state index contributed by atoms with van der Waals surface area (Å²) in [7, 11) is 0. The Balaban J connectivity index is 2.14. The highest BCUT2D eigenvalue weighted by Gasteiger charge is 2.05. The van der Waals surface area contributed by atoms with Gasteiger partial charge in [0.15, 0.2) is 0 Å². The van der Waals surface area contributed by atoms with Crippen LogP contribution < -0.4 is 5.32 Å². The maximum absolute atomic E-state index is 11.4. The van der Waals surface area contributed by atoms with Crippen LogP contribution in [0.1, 0.15) is 24.6 Å². The molecule has 0 aliphatic carbocycles. The smallest absolute Gasteiger partial charge is 0.225 e. The van der Waals surface area contributed by atoms with E-state index in [9.17, 15) is 4.79 Å². The third-order valence-corrected chi connectivity index (χ3v) is 3.54. The van der Waals surface area contributed by atoms with Crippen LogP contribution in [0.5, 0.6) is 0 Å². The van der Waals surface area contributed by atoms with Crippen LogP contribution in [0.2, 0.25) is 0 Å². The lowest BCUT2D eigenvalue weighted by molar-refractivity contribution is -0.120. The van der Waals surface area contributed by atoms with Gasteiger partial charge in [-0.15, -0.1) is 22.9 Å². The summed E-state index contributed by atoms with van der Waals surface area (Å²) in [6.07, 6.45) is 2.27. The Bertz CT molecular complexity index is 287. The zero-order chi connectivity index (χ0) is 11.1. The Hall–Kier alpha value is -0.540. The molecular formula is C11H16ClNOS. The fourth-order valence-electron chi connectivity index (χ4n) is 1.21. The SMILES string of the molecule is CCC(Cl)CCNC(=O)Cc1cccs1. The molecule has 1 aromatic rings. The first-order valence-corrected chi connectivity index (χ1v) is 6.47. The van der Waals surface area contributed by atoms with E-state index in [0.29, 0.717) is 13.0 Å². The molecule has 84 valence electrons. The van der Waals surface area contributed by atoms with E-state index in [-0.39, 0.29) is 11.3 Å². The Labute approximate surface area is 99.6 Å². The van der Waals surface area contributed by atoms with Gasteiger partial charge < -0.3 is 5.32 Å². The molecule has 1 aromatic heterocycles. The normalized spacial score (nSPS) is 12.4. The number of carbonyl (C=O) groups is 1. The van der Waals surface area contributed by atoms with E-state index in [1.807, 2.05) is 24.4 Å². The highest BCUT2D eigenvalue weighted by atomic mass is 35.5. The van der Waals surface area contributed by atoms with Crippen LogP contribution in [0.15, 0.2) is 17.5 Å². The lowest BCUT2D eigenvalue weighted by Crippen LogP contribution is -2.27. The van der Waals surface area contributed by atoms with Crippen LogP contribution in [-0.2, 0) is 11.2 Å². The Morgan fingerprint density at radius 3 is 3.07 bits per heavy atom. The summed E-state index contributed by atoms with van der Waals surface area (Å²) in [4.78, 5) is 12.5. The van der Waals surface area contributed by atoms with Gasteiger partial charge in [0, 0.05) is 16.8 Å². The van der Waals surface area contributed by atoms with Gasteiger partial charge in [-0.1, -0.05) is 13.0 Å². The number of halogens is 1. The van der Waals surface area contributed by atoms with E-state index in [1.54, 1.807) is 11.3 Å². The number of hydrogen-bond acceptors (Lipinski definition) is 2. The Morgan fingerprint density at radius 2 is 2.47 bits per heavy atom. The Morgan fingerprint density at radius 1 is 1.67 bits per heavy atom. The highest BCUT2D eigenvalue weighted by molar-refractivity contribution is 7.10. The summed E-state index contributed by atoms with van der Waals surface area (Å²) >= 11 is 7.55. The van der Waals surface area contributed by atoms with Crippen LogP contribution in [0.3, 0.4) is 0 Å². The molecule has 4 heteroatoms. The largest absolute Gasteiger partial charge is 0.356 e. The van der Waals surface area contributed by atoms with Gasteiger partial charge >= 0.3 is 0 Å². The first-order chi connectivity index (χ1) is 7.22. The molecule has 0 aliphatic heterocycles. The highest BCUT2D eigenvalue weighted by Crippen LogP contribution is 2.09. The summed E-state index contributed by atoms with van der Waals surface area (Å²) in [5.41, 5.74) is 0. The van der Waals surface area contributed by atoms with Gasteiger partial charge in [-0.2, -0.15) is 0 Å². The fraction of sp³-hybridized carbons (Fsp3) is 0.545. The van der Waals surface area contributed by atoms with Crippen LogP contribution >= 0.6 is 22.9 Å². The van der Waals surface area contributed by atoms with Crippen molar-refractivity contribution in [3.05, 3.63) is 22.4 Å². The average molecular weight is 246 g/mol. The van der Waals surface area contributed by atoms with Crippen molar-refractivity contribution in [2.75, 3.05) is 6.54 Å². The topological polar surface area (TPSA) is 29.1 Å². The van der Waals surface area contributed by atoms with E-state index >= 15 is 0 Å². The average Bonchev–Trinajstić information content (AvgIpc) is 2.70. The predicted molar refractivity (Wildman–Crippen MR) is 65.6 cm³/mol. The van der Waals surface area contributed by atoms with Gasteiger partial charge in [0.05, 0.1) is 6.42 Å². The van der Waals surface area contributed by atoms with Crippen molar-refractivity contribution >= 4 is 28.8 Å². The summed E-state index contributed by atoms with van der Waals surface area (Å²) < 4.78 is 0. The van der Waals surface area contributed by atoms with Gasteiger partial charge in [-0.3, -0.25) is 4.79 Å². The van der Waals surface area contributed by atoms with Gasteiger partial charge in [-0.25, -0.2) is 0 Å². The van der Waals surface area contributed by atoms with Crippen molar-refractivity contribution < 1.29 is 4.79 Å². The van der Waals surface area contributed by atoms with E-state index in [4.69, 9.17) is 11.6 Å². The molecule has 15 heavy (non-hydrogen) atoms. The first kappa shape index (κ1) is 12.5. The molecule has 0 spiro atoms. The van der Waals surface area contributed by atoms with Crippen molar-refractivity contribution in [1.82, 2.24) is 5.32 Å². The number of carbonyl (C=O) groups excluding carboxylic acids is 1. The molecule has 1 amide bonds. The predicted octanol–water partition coefficient (Wildman–Crippen LogP) is 2.81. The van der Waals surface area contributed by atoms with Gasteiger partial charge in [0.25, 0.3) is 0 Å². The van der Waals surface area contributed by atoms with Gasteiger partial charge in [-0.05, 0) is 24.3 Å². The second kappa shape index (κ2) is 6.85. The summed E-state index contributed by atoms with van der Waals surface area (Å²) in [6, 6.07) is 3.93. The second-order valence-corrected chi connectivity index (χ2v) is 5.05. The van der Waals surface area contributed by atoms with Crippen LogP contribution in [-0.4, -0.2) is 17.8 Å². The van der Waals surface area contributed by atoms with E-state index in [0.717, 1.165) is 17.7 Å². The van der Waals surface area contributed by atoms with E-state index in [2.05, 4.69) is 5.32 Å². The van der Waals surface area contributed by atoms with Crippen LogP contribution in [0, 0.1) is 0 Å². The third kappa shape index (κ3) is 5.19. The van der Waals surface area contributed by atoms with Crippen molar-refractivity contribution in [3.63, 3.8) is 0 Å². The second-order valence-electron chi connectivity index (χ2n) is 3.40. The molecule has 1 N–H and O–H groups in total. The number of alkyl halides is 1. The number of thiophene rings is 1. The van der Waals surface area contributed by atoms with E-state index < -0.39 is 0 Å². The minimum absolute atomic E-state index is 0.0809. The Kier molecular flexibility index (Phi) is 5.73. The molecule has 1 atom stereocenters. The minimum Gasteiger partial charge on any atom is -0.356 e. The summed E-state index contributed by atoms with van der Waals surface area (Å²) in [5.74, 6) is 0.0809. The zero-order valence-corrected chi connectivity index (χ0v) is 10.4. The maximum Gasteiger partial charge on any atom is 0.225 e. The zero-order valence-electron chi connectivity index (χ0n) is 8.83. The first-order valence-electron chi connectivity index (χ1n) is 5.15. The number of rotatable bonds is 6. The molecule has 0 aromatic carbocycles. The molecular weight excluding hydrogens is 230 g/mol. The molecule has 0 saturated heterocycles. The van der Waals surface area contributed by atoms with Crippen molar-refractivity contribution in [3.8, 4) is 0 Å². The lowest BCUT2D eigenvalue weighted by Gasteiger charge is -2.07. The quantitative estimate of drug-likeness (QED) is 0.768. The molecule has 0 aliphatic rings. The van der Waals surface area contributed by atoms with Gasteiger partial charge in [0.1, 0.15) is 0 Å². The molecule has 0 radical (unpaired) electrons. The molecule has 0 fully saturated rings. The number of nitrogens with one attached hydrogen (secondary N) is 1. The van der Waals surface area contributed by atoms with Crippen LogP contribution in [0.4, 0.5) is 0 Å². The number of hydrogen-bond donors (Lipinski definition) is 1. The van der Waals surface area contributed by atoms with Gasteiger partial charge in [0.2, 0.25) is 5.91 Å². The van der Waals surface area contributed by atoms with Crippen LogP contribution in [0.25, 0.3) is 0 Å². The van der Waals surface area contributed by atoms with E-state index in [1.165, 1.54) is 0 Å². The van der Waals surface area contributed by atoms with Crippen molar-refractivity contribution in [2.45, 2.75) is 31.6 Å². The monoisotopic (exact) mass is 245 g/mol. The molecule has 0 saturated carbocycles. The molecule has 0 bridgehead atoms.